The standard InChI is InChI=1S/C23H38N4O5/c1-24-15-9-7-13-19(27-23(30)32-17-18-11-5-4-6-12-18)21(28)26-20(22(29)31-3)14-8-10-16-25-2/h4-6,11-12,19-20,24-25H,7-10,13-17H2,1-3H3,(H,26,28)(H,27,30)/t19-,20-/m0/s1. The van der Waals surface area contributed by atoms with Crippen LogP contribution in [-0.2, 0) is 25.7 Å². The fourth-order valence-electron chi connectivity index (χ4n) is 3.14. The van der Waals surface area contributed by atoms with Crippen molar-refractivity contribution in [1.82, 2.24) is 21.3 Å². The van der Waals surface area contributed by atoms with Gasteiger partial charge in [-0.2, -0.15) is 0 Å². The van der Waals surface area contributed by atoms with Crippen LogP contribution < -0.4 is 21.3 Å². The van der Waals surface area contributed by atoms with E-state index < -0.39 is 30.1 Å². The Kier molecular flexibility index (Phi) is 14.5. The molecule has 2 atom stereocenters. The number of hydrogen-bond acceptors (Lipinski definition) is 7. The smallest absolute Gasteiger partial charge is 0.408 e. The van der Waals surface area contributed by atoms with Gasteiger partial charge in [-0.25, -0.2) is 9.59 Å². The van der Waals surface area contributed by atoms with Gasteiger partial charge in [0.15, 0.2) is 0 Å². The van der Waals surface area contributed by atoms with Gasteiger partial charge in [-0.15, -0.1) is 0 Å². The highest BCUT2D eigenvalue weighted by atomic mass is 16.5. The van der Waals surface area contributed by atoms with E-state index in [1.165, 1.54) is 7.11 Å². The SMILES string of the molecule is CNCCCC[C@H](NC(=O)OCc1ccccc1)C(=O)N[C@@H](CCCCNC)C(=O)OC. The quantitative estimate of drug-likeness (QED) is 0.224. The summed E-state index contributed by atoms with van der Waals surface area (Å²) in [6.45, 7) is 1.74. The monoisotopic (exact) mass is 450 g/mol. The number of nitrogens with one attached hydrogen (secondary N) is 4. The van der Waals surface area contributed by atoms with Crippen LogP contribution in [0.4, 0.5) is 4.79 Å². The summed E-state index contributed by atoms with van der Waals surface area (Å²) in [6.07, 6.45) is 3.42. The van der Waals surface area contributed by atoms with Crippen molar-refractivity contribution in [3.8, 4) is 0 Å². The first kappa shape index (κ1) is 27.4. The average molecular weight is 451 g/mol. The largest absolute Gasteiger partial charge is 0.467 e. The number of ether oxygens (including phenoxy) is 2. The summed E-state index contributed by atoms with van der Waals surface area (Å²) in [4.78, 5) is 37.4. The molecule has 9 heteroatoms. The van der Waals surface area contributed by atoms with Crippen LogP contribution in [0.3, 0.4) is 0 Å². The van der Waals surface area contributed by atoms with Crippen molar-refractivity contribution < 1.29 is 23.9 Å². The number of hydrogen-bond donors (Lipinski definition) is 4. The zero-order chi connectivity index (χ0) is 23.6. The average Bonchev–Trinajstić information content (AvgIpc) is 2.81. The van der Waals surface area contributed by atoms with Crippen molar-refractivity contribution in [2.45, 2.75) is 57.2 Å². The van der Waals surface area contributed by atoms with Gasteiger partial charge in [-0.05, 0) is 71.3 Å². The van der Waals surface area contributed by atoms with Crippen LogP contribution in [0.2, 0.25) is 0 Å². The topological polar surface area (TPSA) is 118 Å². The van der Waals surface area contributed by atoms with Gasteiger partial charge < -0.3 is 30.7 Å². The summed E-state index contributed by atoms with van der Waals surface area (Å²) >= 11 is 0. The van der Waals surface area contributed by atoms with E-state index in [4.69, 9.17) is 9.47 Å². The lowest BCUT2D eigenvalue weighted by atomic mass is 10.1. The van der Waals surface area contributed by atoms with Crippen LogP contribution in [0.1, 0.15) is 44.1 Å². The maximum atomic E-state index is 12.9. The Morgan fingerprint density at radius 2 is 1.44 bits per heavy atom. The molecule has 0 aliphatic rings. The van der Waals surface area contributed by atoms with E-state index in [-0.39, 0.29) is 6.61 Å². The fourth-order valence-corrected chi connectivity index (χ4v) is 3.14. The molecule has 4 N–H and O–H groups in total. The molecular formula is C23H38N4O5. The highest BCUT2D eigenvalue weighted by Gasteiger charge is 2.27. The first-order valence-electron chi connectivity index (χ1n) is 11.2. The minimum atomic E-state index is -0.806. The van der Waals surface area contributed by atoms with Gasteiger partial charge in [-0.3, -0.25) is 4.79 Å². The summed E-state index contributed by atoms with van der Waals surface area (Å²) < 4.78 is 10.1. The molecule has 2 amide bonds. The predicted molar refractivity (Wildman–Crippen MR) is 123 cm³/mol. The number of carbonyl (C=O) groups is 3. The molecule has 0 saturated carbocycles. The second kappa shape index (κ2) is 17.0. The molecule has 0 unspecified atom stereocenters. The van der Waals surface area contributed by atoms with Crippen LogP contribution >= 0.6 is 0 Å². The zero-order valence-electron chi connectivity index (χ0n) is 19.4. The molecule has 0 bridgehead atoms. The highest BCUT2D eigenvalue weighted by Crippen LogP contribution is 2.07. The third-order valence-corrected chi connectivity index (χ3v) is 4.96. The molecule has 0 fully saturated rings. The van der Waals surface area contributed by atoms with E-state index in [1.807, 2.05) is 44.4 Å². The molecule has 32 heavy (non-hydrogen) atoms. The van der Waals surface area contributed by atoms with Gasteiger partial charge in [0.1, 0.15) is 18.7 Å². The normalized spacial score (nSPS) is 12.5. The molecule has 1 aromatic rings. The minimum absolute atomic E-state index is 0.108. The van der Waals surface area contributed by atoms with Crippen LogP contribution in [0.15, 0.2) is 30.3 Å². The molecule has 1 aromatic carbocycles. The van der Waals surface area contributed by atoms with E-state index in [9.17, 15) is 14.4 Å². The summed E-state index contributed by atoms with van der Waals surface area (Å²) in [6, 6.07) is 7.74. The first-order valence-corrected chi connectivity index (χ1v) is 11.2. The summed E-state index contributed by atoms with van der Waals surface area (Å²) in [5.74, 6) is -0.918. The second-order valence-electron chi connectivity index (χ2n) is 7.54. The Balaban J connectivity index is 2.69. The number of amides is 2. The van der Waals surface area contributed by atoms with Gasteiger partial charge in [0.2, 0.25) is 5.91 Å². The third kappa shape index (κ3) is 11.7. The Labute approximate surface area is 191 Å². The summed E-state index contributed by atoms with van der Waals surface area (Å²) in [7, 11) is 5.02. The Morgan fingerprint density at radius 3 is 2.00 bits per heavy atom. The number of methoxy groups -OCH3 is 1. The van der Waals surface area contributed by atoms with Gasteiger partial charge in [0, 0.05) is 0 Å². The van der Waals surface area contributed by atoms with Crippen molar-refractivity contribution in [2.75, 3.05) is 34.3 Å². The minimum Gasteiger partial charge on any atom is -0.467 e. The molecule has 0 aliphatic heterocycles. The lowest BCUT2D eigenvalue weighted by molar-refractivity contribution is -0.145. The van der Waals surface area contributed by atoms with E-state index >= 15 is 0 Å². The number of unbranched alkanes of at least 4 members (excludes halogenated alkanes) is 2. The molecule has 0 heterocycles. The Morgan fingerprint density at radius 1 is 0.844 bits per heavy atom. The first-order chi connectivity index (χ1) is 15.5. The molecule has 0 aliphatic carbocycles. The number of alkyl carbamates (subject to hydrolysis) is 1. The molecule has 9 nitrogen and oxygen atoms in total. The van der Waals surface area contributed by atoms with E-state index in [2.05, 4.69) is 21.3 Å². The molecule has 1 rings (SSSR count). The van der Waals surface area contributed by atoms with Crippen molar-refractivity contribution in [1.29, 1.82) is 0 Å². The van der Waals surface area contributed by atoms with Gasteiger partial charge in [0.05, 0.1) is 7.11 Å². The van der Waals surface area contributed by atoms with E-state index in [0.717, 1.165) is 44.3 Å². The number of carbonyl (C=O) groups excluding carboxylic acids is 3. The van der Waals surface area contributed by atoms with E-state index in [1.54, 1.807) is 0 Å². The van der Waals surface area contributed by atoms with Gasteiger partial charge in [-0.1, -0.05) is 30.3 Å². The molecule has 180 valence electrons. The van der Waals surface area contributed by atoms with Crippen LogP contribution in [0, 0.1) is 0 Å². The van der Waals surface area contributed by atoms with Crippen molar-refractivity contribution in [2.24, 2.45) is 0 Å². The molecule has 0 radical (unpaired) electrons. The fraction of sp³-hybridized carbons (Fsp3) is 0.609. The maximum Gasteiger partial charge on any atom is 0.408 e. The lowest BCUT2D eigenvalue weighted by Gasteiger charge is -2.22. The highest BCUT2D eigenvalue weighted by molar-refractivity contribution is 5.89. The number of rotatable bonds is 16. The predicted octanol–water partition coefficient (Wildman–Crippen LogP) is 1.72. The second-order valence-corrected chi connectivity index (χ2v) is 7.54. The van der Waals surface area contributed by atoms with Crippen molar-refractivity contribution >= 4 is 18.0 Å². The molecule has 0 spiro atoms. The van der Waals surface area contributed by atoms with Gasteiger partial charge in [0.25, 0.3) is 0 Å². The molecule has 0 aromatic heterocycles. The number of esters is 1. The third-order valence-electron chi connectivity index (χ3n) is 4.96. The Hall–Kier alpha value is -2.65. The zero-order valence-corrected chi connectivity index (χ0v) is 19.4. The van der Waals surface area contributed by atoms with Crippen LogP contribution in [0.5, 0.6) is 0 Å². The van der Waals surface area contributed by atoms with Crippen molar-refractivity contribution in [3.05, 3.63) is 35.9 Å². The van der Waals surface area contributed by atoms with Crippen molar-refractivity contribution in [3.63, 3.8) is 0 Å². The Bertz CT molecular complexity index is 672. The molecule has 0 saturated heterocycles. The maximum absolute atomic E-state index is 12.9. The van der Waals surface area contributed by atoms with Gasteiger partial charge >= 0.3 is 12.1 Å². The lowest BCUT2D eigenvalue weighted by Crippen LogP contribution is -2.52. The van der Waals surface area contributed by atoms with E-state index in [0.29, 0.717) is 12.8 Å². The summed E-state index contributed by atoms with van der Waals surface area (Å²) in [5, 5.41) is 11.5. The summed E-state index contributed by atoms with van der Waals surface area (Å²) in [5.41, 5.74) is 0.852. The van der Waals surface area contributed by atoms with Crippen LogP contribution in [-0.4, -0.2) is 64.3 Å². The van der Waals surface area contributed by atoms with Crippen LogP contribution in [0.25, 0.3) is 0 Å². The number of benzene rings is 1. The molecular weight excluding hydrogens is 412 g/mol.